The van der Waals surface area contributed by atoms with Gasteiger partial charge in [-0.25, -0.2) is 14.2 Å². The first kappa shape index (κ1) is 23.0. The molecule has 6 rings (SSSR count). The van der Waals surface area contributed by atoms with Crippen molar-refractivity contribution < 1.29 is 19.0 Å². The molecule has 186 valence electrons. The van der Waals surface area contributed by atoms with Crippen molar-refractivity contribution in [3.8, 4) is 11.4 Å². The highest BCUT2D eigenvalue weighted by atomic mass is 19.1. The van der Waals surface area contributed by atoms with E-state index in [1.165, 1.54) is 6.07 Å². The number of fused-ring (bicyclic) bond motifs is 5. The van der Waals surface area contributed by atoms with Crippen molar-refractivity contribution >= 4 is 23.1 Å². The zero-order chi connectivity index (χ0) is 25.5. The van der Waals surface area contributed by atoms with Crippen LogP contribution in [0.5, 0.6) is 0 Å². The van der Waals surface area contributed by atoms with Crippen LogP contribution in [-0.4, -0.2) is 32.9 Å². The van der Waals surface area contributed by atoms with Crippen molar-refractivity contribution in [2.24, 2.45) is 4.99 Å². The molecular formula is C28H28FN3O4. The molecule has 1 unspecified atom stereocenters. The maximum Gasteiger partial charge on any atom is 0.343 e. The Morgan fingerprint density at radius 3 is 2.81 bits per heavy atom. The lowest BCUT2D eigenvalue weighted by atomic mass is 9.78. The third-order valence-electron chi connectivity index (χ3n) is 7.99. The highest BCUT2D eigenvalue weighted by Gasteiger charge is 2.45. The third-order valence-corrected chi connectivity index (χ3v) is 7.99. The molecule has 8 heteroatoms. The molecule has 0 spiro atoms. The summed E-state index contributed by atoms with van der Waals surface area (Å²) in [7, 11) is 0. The van der Waals surface area contributed by atoms with E-state index in [1.807, 2.05) is 20.1 Å². The van der Waals surface area contributed by atoms with Crippen molar-refractivity contribution in [2.45, 2.75) is 77.7 Å². The van der Waals surface area contributed by atoms with Gasteiger partial charge in [0.25, 0.3) is 5.56 Å². The molecule has 0 bridgehead atoms. The predicted molar refractivity (Wildman–Crippen MR) is 134 cm³/mol. The monoisotopic (exact) mass is 489 g/mol. The molecule has 0 fully saturated rings. The molecule has 1 aromatic carbocycles. The minimum atomic E-state index is -1.89. The Morgan fingerprint density at radius 2 is 2.08 bits per heavy atom. The van der Waals surface area contributed by atoms with Crippen LogP contribution in [0.4, 0.5) is 4.39 Å². The number of hydrogen-bond donors (Lipinski definition) is 1. The molecule has 0 saturated heterocycles. The molecule has 2 atom stereocenters. The van der Waals surface area contributed by atoms with Gasteiger partial charge < -0.3 is 14.4 Å². The number of rotatable bonds is 3. The highest BCUT2D eigenvalue weighted by Crippen LogP contribution is 2.46. The number of cyclic esters (lactones) is 1. The van der Waals surface area contributed by atoms with E-state index in [1.54, 1.807) is 24.5 Å². The summed E-state index contributed by atoms with van der Waals surface area (Å²) >= 11 is 0. The standard InChI is InChI=1S/C28H28FN3O4/c1-5-28(35)19-8-22-25-17(11-32(22)26(33)18(19)12-36-27(28)34)23-15(10-30-13(2)3)6-7-16-14(4)20(29)9-21(31-25)24(16)23/h8-10,13,15,35H,5-7,11-12H2,1-4H3/t15?,28-/m0/s1. The van der Waals surface area contributed by atoms with Crippen molar-refractivity contribution in [1.29, 1.82) is 0 Å². The number of nitrogens with zero attached hydrogens (tertiary/aromatic N) is 3. The van der Waals surface area contributed by atoms with Crippen LogP contribution in [0, 0.1) is 12.7 Å². The first-order valence-electron chi connectivity index (χ1n) is 12.5. The van der Waals surface area contributed by atoms with Crippen molar-refractivity contribution in [3.63, 3.8) is 0 Å². The Hall–Kier alpha value is -3.39. The molecule has 36 heavy (non-hydrogen) atoms. The lowest BCUT2D eigenvalue weighted by Gasteiger charge is -2.31. The number of aryl methyl sites for hydroxylation is 1. The molecule has 3 aromatic rings. The Bertz CT molecular complexity index is 1570. The lowest BCUT2D eigenvalue weighted by molar-refractivity contribution is -0.172. The zero-order valence-corrected chi connectivity index (χ0v) is 20.8. The number of pyridine rings is 2. The summed E-state index contributed by atoms with van der Waals surface area (Å²) in [6, 6.07) is 3.31. The largest absolute Gasteiger partial charge is 0.458 e. The van der Waals surface area contributed by atoms with Crippen LogP contribution in [0.15, 0.2) is 21.9 Å². The second-order valence-electron chi connectivity index (χ2n) is 10.3. The summed E-state index contributed by atoms with van der Waals surface area (Å²) in [6.07, 6.45) is 3.58. The Morgan fingerprint density at radius 1 is 1.31 bits per heavy atom. The molecular weight excluding hydrogens is 461 g/mol. The predicted octanol–water partition coefficient (Wildman–Crippen LogP) is 4.04. The number of carbonyl (C=O) groups excluding carboxylic acids is 1. The average Bonchev–Trinajstić information content (AvgIpc) is 3.22. The van der Waals surface area contributed by atoms with Gasteiger partial charge in [0, 0.05) is 40.8 Å². The van der Waals surface area contributed by atoms with Crippen LogP contribution in [0.25, 0.3) is 22.3 Å². The van der Waals surface area contributed by atoms with Gasteiger partial charge >= 0.3 is 5.97 Å². The Kier molecular flexibility index (Phi) is 4.99. The van der Waals surface area contributed by atoms with Crippen LogP contribution in [0.2, 0.25) is 0 Å². The van der Waals surface area contributed by atoms with Crippen LogP contribution < -0.4 is 5.56 Å². The van der Waals surface area contributed by atoms with Crippen LogP contribution in [0.3, 0.4) is 0 Å². The second-order valence-corrected chi connectivity index (χ2v) is 10.3. The van der Waals surface area contributed by atoms with E-state index in [4.69, 9.17) is 9.72 Å². The number of aliphatic imine (C=N–C) groups is 1. The van der Waals surface area contributed by atoms with Crippen molar-refractivity contribution in [3.05, 3.63) is 61.7 Å². The van der Waals surface area contributed by atoms with Gasteiger partial charge in [-0.15, -0.1) is 0 Å². The van der Waals surface area contributed by atoms with Gasteiger partial charge in [-0.1, -0.05) is 6.92 Å². The average molecular weight is 490 g/mol. The molecule has 1 aliphatic carbocycles. The number of benzene rings is 1. The first-order valence-corrected chi connectivity index (χ1v) is 12.5. The summed E-state index contributed by atoms with van der Waals surface area (Å²) < 4.78 is 21.7. The van der Waals surface area contributed by atoms with Gasteiger partial charge in [0.2, 0.25) is 0 Å². The van der Waals surface area contributed by atoms with Gasteiger partial charge in [0.15, 0.2) is 5.60 Å². The van der Waals surface area contributed by atoms with E-state index >= 15 is 0 Å². The molecule has 7 nitrogen and oxygen atoms in total. The number of carbonyl (C=O) groups is 1. The van der Waals surface area contributed by atoms with E-state index in [0.717, 1.165) is 34.9 Å². The fourth-order valence-electron chi connectivity index (χ4n) is 6.02. The fourth-order valence-corrected chi connectivity index (χ4v) is 6.02. The zero-order valence-electron chi connectivity index (χ0n) is 20.8. The summed E-state index contributed by atoms with van der Waals surface area (Å²) in [5.41, 5.74) is 3.60. The minimum Gasteiger partial charge on any atom is -0.458 e. The minimum absolute atomic E-state index is 0.0149. The summed E-state index contributed by atoms with van der Waals surface area (Å²) in [4.78, 5) is 35.6. The normalized spacial score (nSPS) is 22.2. The quantitative estimate of drug-likeness (QED) is 0.346. The molecule has 4 heterocycles. The summed E-state index contributed by atoms with van der Waals surface area (Å²) in [5.74, 6) is -1.04. The highest BCUT2D eigenvalue weighted by molar-refractivity contribution is 5.96. The van der Waals surface area contributed by atoms with E-state index in [9.17, 15) is 19.1 Å². The van der Waals surface area contributed by atoms with Crippen molar-refractivity contribution in [2.75, 3.05) is 0 Å². The third kappa shape index (κ3) is 3.00. The number of aromatic nitrogens is 2. The molecule has 2 aliphatic heterocycles. The number of hydrogen-bond acceptors (Lipinski definition) is 6. The topological polar surface area (TPSA) is 93.8 Å². The van der Waals surface area contributed by atoms with E-state index < -0.39 is 11.6 Å². The van der Waals surface area contributed by atoms with Crippen LogP contribution in [-0.2, 0) is 34.7 Å². The van der Waals surface area contributed by atoms with E-state index in [-0.39, 0.29) is 47.5 Å². The van der Waals surface area contributed by atoms with Gasteiger partial charge in [-0.2, -0.15) is 0 Å². The van der Waals surface area contributed by atoms with E-state index in [0.29, 0.717) is 29.0 Å². The van der Waals surface area contributed by atoms with E-state index in [2.05, 4.69) is 4.99 Å². The van der Waals surface area contributed by atoms with Crippen LogP contribution >= 0.6 is 0 Å². The first-order chi connectivity index (χ1) is 17.2. The van der Waals surface area contributed by atoms with Crippen molar-refractivity contribution in [1.82, 2.24) is 9.55 Å². The van der Waals surface area contributed by atoms with Gasteiger partial charge in [-0.05, 0) is 62.8 Å². The molecule has 0 amide bonds. The number of ether oxygens (including phenoxy) is 1. The molecule has 3 aliphatic rings. The molecule has 2 aromatic heterocycles. The summed E-state index contributed by atoms with van der Waals surface area (Å²) in [5, 5.41) is 12.1. The Balaban J connectivity index is 1.67. The van der Waals surface area contributed by atoms with Gasteiger partial charge in [0.05, 0.1) is 29.0 Å². The SMILES string of the molecule is CC[C@@]1(O)C(=O)OCc2c1cc1n(c2=O)Cc2c-1nc1cc(F)c(C)c3c1c2C(C=NC(C)C)CC3. The van der Waals surface area contributed by atoms with Crippen LogP contribution in [0.1, 0.15) is 72.9 Å². The lowest BCUT2D eigenvalue weighted by Crippen LogP contribution is -2.44. The number of esters is 1. The molecule has 0 radical (unpaired) electrons. The maximum atomic E-state index is 14.9. The second kappa shape index (κ2) is 7.80. The fraction of sp³-hybridized carbons (Fsp3) is 0.429. The smallest absolute Gasteiger partial charge is 0.343 e. The molecule has 1 N–H and O–H groups in total. The maximum absolute atomic E-state index is 14.9. The number of aliphatic hydroxyl groups is 1. The molecule has 0 saturated carbocycles. The van der Waals surface area contributed by atoms with Gasteiger partial charge in [0.1, 0.15) is 12.4 Å². The number of halogens is 1. The van der Waals surface area contributed by atoms with Gasteiger partial charge in [-0.3, -0.25) is 9.79 Å². The summed E-state index contributed by atoms with van der Waals surface area (Å²) in [6.45, 7) is 7.67. The Labute approximate surface area is 207 Å².